The summed E-state index contributed by atoms with van der Waals surface area (Å²) in [6.45, 7) is 6.87. The predicted octanol–water partition coefficient (Wildman–Crippen LogP) is 0.600. The minimum absolute atomic E-state index is 0.105. The number of rotatable bonds is 5. The van der Waals surface area contributed by atoms with Crippen LogP contribution in [-0.2, 0) is 28.6 Å². The predicted molar refractivity (Wildman–Crippen MR) is 60.4 cm³/mol. The van der Waals surface area contributed by atoms with Crippen LogP contribution in [0.15, 0.2) is 12.7 Å². The lowest BCUT2D eigenvalue weighted by Gasteiger charge is -2.21. The summed E-state index contributed by atoms with van der Waals surface area (Å²) in [6, 6.07) is 0. The quantitative estimate of drug-likeness (QED) is 0.407. The molecule has 0 saturated carbocycles. The van der Waals surface area contributed by atoms with E-state index in [0.717, 1.165) is 6.08 Å². The molecule has 1 saturated heterocycles. The van der Waals surface area contributed by atoms with Crippen molar-refractivity contribution >= 4 is 17.9 Å². The third kappa shape index (κ3) is 3.58. The molecule has 0 aliphatic carbocycles. The maximum Gasteiger partial charge on any atom is 0.348 e. The van der Waals surface area contributed by atoms with Gasteiger partial charge in [-0.3, -0.25) is 4.79 Å². The van der Waals surface area contributed by atoms with E-state index < -0.39 is 29.4 Å². The van der Waals surface area contributed by atoms with Crippen molar-refractivity contribution in [1.82, 2.24) is 0 Å². The van der Waals surface area contributed by atoms with Gasteiger partial charge in [0.05, 0.1) is 6.42 Å². The van der Waals surface area contributed by atoms with Gasteiger partial charge in [-0.05, 0) is 0 Å². The molecule has 0 aromatic rings. The fraction of sp³-hybridized carbons (Fsp3) is 0.583. The van der Waals surface area contributed by atoms with E-state index in [0.29, 0.717) is 0 Å². The summed E-state index contributed by atoms with van der Waals surface area (Å²) in [7, 11) is 0. The molecule has 1 aliphatic rings. The Labute approximate surface area is 105 Å². The van der Waals surface area contributed by atoms with Gasteiger partial charge in [-0.15, -0.1) is 0 Å². The Morgan fingerprint density at radius 3 is 2.72 bits per heavy atom. The highest BCUT2D eigenvalue weighted by atomic mass is 16.6. The highest BCUT2D eigenvalue weighted by Gasteiger charge is 2.46. The van der Waals surface area contributed by atoms with Gasteiger partial charge in [-0.1, -0.05) is 20.4 Å². The fourth-order valence-corrected chi connectivity index (χ4v) is 1.42. The zero-order valence-corrected chi connectivity index (χ0v) is 10.4. The van der Waals surface area contributed by atoms with E-state index in [4.69, 9.17) is 9.47 Å². The van der Waals surface area contributed by atoms with Crippen LogP contribution in [0.5, 0.6) is 0 Å². The minimum atomic E-state index is -0.903. The maximum atomic E-state index is 11.5. The average molecular weight is 256 g/mol. The van der Waals surface area contributed by atoms with Crippen molar-refractivity contribution in [2.75, 3.05) is 13.2 Å². The van der Waals surface area contributed by atoms with Crippen molar-refractivity contribution in [3.63, 3.8) is 0 Å². The summed E-state index contributed by atoms with van der Waals surface area (Å²) in [5.74, 6) is -1.76. The zero-order chi connectivity index (χ0) is 13.8. The van der Waals surface area contributed by atoms with Crippen LogP contribution in [0, 0.1) is 5.41 Å². The van der Waals surface area contributed by atoms with Crippen LogP contribution >= 0.6 is 0 Å². The summed E-state index contributed by atoms with van der Waals surface area (Å²) < 4.78 is 14.5. The van der Waals surface area contributed by atoms with Gasteiger partial charge >= 0.3 is 17.9 Å². The molecule has 6 heteroatoms. The van der Waals surface area contributed by atoms with Crippen molar-refractivity contribution in [3.8, 4) is 0 Å². The van der Waals surface area contributed by atoms with Gasteiger partial charge in [0.25, 0.3) is 0 Å². The van der Waals surface area contributed by atoms with Crippen molar-refractivity contribution < 1.29 is 28.6 Å². The maximum absolute atomic E-state index is 11.5. The summed E-state index contributed by atoms with van der Waals surface area (Å²) >= 11 is 0. The number of carbonyl (C=O) groups excluding carboxylic acids is 3. The molecule has 0 bridgehead atoms. The Kier molecular flexibility index (Phi) is 4.47. The molecule has 0 aromatic heterocycles. The molecule has 1 heterocycles. The van der Waals surface area contributed by atoms with E-state index in [1.807, 2.05) is 0 Å². The van der Waals surface area contributed by atoms with Gasteiger partial charge < -0.3 is 14.2 Å². The molecular formula is C12H16O6. The Hall–Kier alpha value is -1.85. The number of hydrogen-bond acceptors (Lipinski definition) is 6. The number of cyclic esters (lactones) is 1. The average Bonchev–Trinajstić information content (AvgIpc) is 2.56. The molecular weight excluding hydrogens is 240 g/mol. The van der Waals surface area contributed by atoms with E-state index in [2.05, 4.69) is 11.3 Å². The fourth-order valence-electron chi connectivity index (χ4n) is 1.42. The molecule has 1 fully saturated rings. The number of carbonyl (C=O) groups is 3. The van der Waals surface area contributed by atoms with Crippen LogP contribution in [0.25, 0.3) is 0 Å². The second-order valence-electron chi connectivity index (χ2n) is 4.59. The first-order valence-electron chi connectivity index (χ1n) is 5.52. The summed E-state index contributed by atoms with van der Waals surface area (Å²) in [6.07, 6.45) is -0.0116. The molecule has 0 N–H and O–H groups in total. The first-order valence-corrected chi connectivity index (χ1v) is 5.52. The van der Waals surface area contributed by atoms with E-state index in [-0.39, 0.29) is 19.6 Å². The normalized spacial score (nSPS) is 21.0. The van der Waals surface area contributed by atoms with E-state index in [1.54, 1.807) is 13.8 Å². The van der Waals surface area contributed by atoms with Crippen LogP contribution in [0.2, 0.25) is 0 Å². The summed E-state index contributed by atoms with van der Waals surface area (Å²) in [5, 5.41) is 0. The number of hydrogen-bond donors (Lipinski definition) is 0. The Morgan fingerprint density at radius 2 is 2.22 bits per heavy atom. The minimum Gasteiger partial charge on any atom is -0.462 e. The van der Waals surface area contributed by atoms with Crippen molar-refractivity contribution in [1.29, 1.82) is 0 Å². The third-order valence-electron chi connectivity index (χ3n) is 2.48. The second-order valence-corrected chi connectivity index (χ2v) is 4.59. The lowest BCUT2D eigenvalue weighted by atomic mass is 9.90. The van der Waals surface area contributed by atoms with Crippen molar-refractivity contribution in [2.24, 2.45) is 5.41 Å². The van der Waals surface area contributed by atoms with Crippen molar-refractivity contribution in [3.05, 3.63) is 12.7 Å². The lowest BCUT2D eigenvalue weighted by molar-refractivity contribution is -0.164. The molecule has 1 aliphatic heterocycles. The molecule has 1 unspecified atom stereocenters. The highest BCUT2D eigenvalue weighted by molar-refractivity contribution is 5.83. The van der Waals surface area contributed by atoms with Gasteiger partial charge in [-0.25, -0.2) is 9.59 Å². The molecule has 0 radical (unpaired) electrons. The van der Waals surface area contributed by atoms with Crippen LogP contribution < -0.4 is 0 Å². The Morgan fingerprint density at radius 1 is 1.56 bits per heavy atom. The SMILES string of the molecule is C=CC(=O)OCCC(=O)OC1C(=O)OCC1(C)C. The first kappa shape index (κ1) is 14.2. The van der Waals surface area contributed by atoms with Crippen LogP contribution in [-0.4, -0.2) is 37.2 Å². The van der Waals surface area contributed by atoms with Gasteiger partial charge in [0, 0.05) is 11.5 Å². The topological polar surface area (TPSA) is 78.9 Å². The van der Waals surface area contributed by atoms with Crippen LogP contribution in [0.4, 0.5) is 0 Å². The van der Waals surface area contributed by atoms with Gasteiger partial charge in [0.2, 0.25) is 6.10 Å². The van der Waals surface area contributed by atoms with E-state index >= 15 is 0 Å². The monoisotopic (exact) mass is 256 g/mol. The zero-order valence-electron chi connectivity index (χ0n) is 10.4. The lowest BCUT2D eigenvalue weighted by Crippen LogP contribution is -2.35. The molecule has 1 atom stereocenters. The second kappa shape index (κ2) is 5.66. The van der Waals surface area contributed by atoms with E-state index in [1.165, 1.54) is 0 Å². The van der Waals surface area contributed by atoms with E-state index in [9.17, 15) is 14.4 Å². The molecule has 0 spiro atoms. The molecule has 0 amide bonds. The molecule has 6 nitrogen and oxygen atoms in total. The summed E-state index contributed by atoms with van der Waals surface area (Å²) in [4.78, 5) is 33.5. The van der Waals surface area contributed by atoms with Crippen molar-refractivity contribution in [2.45, 2.75) is 26.4 Å². The molecule has 100 valence electrons. The molecule has 1 rings (SSSR count). The van der Waals surface area contributed by atoms with Gasteiger partial charge in [0.15, 0.2) is 0 Å². The Bertz CT molecular complexity index is 371. The van der Waals surface area contributed by atoms with Gasteiger partial charge in [0.1, 0.15) is 13.2 Å². The van der Waals surface area contributed by atoms with Gasteiger partial charge in [-0.2, -0.15) is 0 Å². The van der Waals surface area contributed by atoms with Crippen LogP contribution in [0.1, 0.15) is 20.3 Å². The number of ether oxygens (including phenoxy) is 3. The molecule has 0 aromatic carbocycles. The summed E-state index contributed by atoms with van der Waals surface area (Å²) in [5.41, 5.74) is -0.537. The smallest absolute Gasteiger partial charge is 0.348 e. The molecule has 18 heavy (non-hydrogen) atoms. The largest absolute Gasteiger partial charge is 0.462 e. The Balaban J connectivity index is 2.38. The highest BCUT2D eigenvalue weighted by Crippen LogP contribution is 2.31. The third-order valence-corrected chi connectivity index (χ3v) is 2.48. The number of esters is 3. The van der Waals surface area contributed by atoms with Crippen LogP contribution in [0.3, 0.4) is 0 Å². The standard InChI is InChI=1S/C12H16O6/c1-4-8(13)16-6-5-9(14)18-10-11(15)17-7-12(10,2)3/h4,10H,1,5-7H2,2-3H3. The first-order chi connectivity index (χ1) is 8.36.